The molecule has 5 unspecified atom stereocenters. The maximum absolute atomic E-state index is 13.4. The van der Waals surface area contributed by atoms with Crippen molar-refractivity contribution in [2.24, 2.45) is 23.7 Å². The standard InChI is InChI=1S/C29H53NO9/c1-11-20(31)29(8,35)25-18(6)23-14(2)13-28(7,39-23)24(16(4)21(32)17(5)26(34)37-25)38-27-22(33)19(30(9)10)12-15(3)36-27/h14-25,27,31-33,35H,11-13H2,1-10H3/t14?,15?,16-,17+,18-,19?,20+,21-,22?,23?,24+,25+,27-,28-,29+/m0/s1. The number of hydrogen-bond acceptors (Lipinski definition) is 10. The minimum absolute atomic E-state index is 0.0151. The Balaban J connectivity index is 2.04. The molecule has 0 aromatic rings. The molecule has 3 aliphatic rings. The second kappa shape index (κ2) is 12.2. The molecule has 0 aliphatic carbocycles. The third kappa shape index (κ3) is 6.33. The van der Waals surface area contributed by atoms with Crippen LogP contribution in [0, 0.1) is 23.7 Å². The molecule has 0 aromatic carbocycles. The molecule has 3 fully saturated rings. The lowest BCUT2D eigenvalue weighted by atomic mass is 9.76. The Kier molecular flexibility index (Phi) is 10.2. The fraction of sp³-hybridized carbons (Fsp3) is 0.966. The van der Waals surface area contributed by atoms with Gasteiger partial charge in [0.2, 0.25) is 0 Å². The van der Waals surface area contributed by atoms with Crippen molar-refractivity contribution in [2.75, 3.05) is 14.1 Å². The van der Waals surface area contributed by atoms with E-state index in [4.69, 9.17) is 18.9 Å². The van der Waals surface area contributed by atoms with Gasteiger partial charge in [0, 0.05) is 17.9 Å². The third-order valence-corrected chi connectivity index (χ3v) is 9.63. The van der Waals surface area contributed by atoms with Crippen molar-refractivity contribution in [2.45, 2.75) is 141 Å². The number of carbonyl (C=O) groups is 1. The van der Waals surface area contributed by atoms with Crippen molar-refractivity contribution < 1.29 is 44.2 Å². The van der Waals surface area contributed by atoms with Crippen molar-refractivity contribution >= 4 is 5.97 Å². The van der Waals surface area contributed by atoms with Crippen LogP contribution in [0.1, 0.15) is 74.7 Å². The molecule has 2 bridgehead atoms. The van der Waals surface area contributed by atoms with E-state index in [1.165, 1.54) is 6.92 Å². The number of hydrogen-bond donors (Lipinski definition) is 4. The first-order valence-electron chi connectivity index (χ1n) is 14.6. The van der Waals surface area contributed by atoms with E-state index >= 15 is 0 Å². The van der Waals surface area contributed by atoms with Crippen LogP contribution in [-0.2, 0) is 23.7 Å². The summed E-state index contributed by atoms with van der Waals surface area (Å²) < 4.78 is 25.3. The van der Waals surface area contributed by atoms with Gasteiger partial charge in [-0.3, -0.25) is 4.79 Å². The topological polar surface area (TPSA) is 138 Å². The Morgan fingerprint density at radius 2 is 1.74 bits per heavy atom. The number of likely N-dealkylation sites (N-methyl/N-ethyl adjacent to an activating group) is 1. The second-order valence-corrected chi connectivity index (χ2v) is 13.2. The maximum atomic E-state index is 13.4. The zero-order chi connectivity index (χ0) is 29.6. The van der Waals surface area contributed by atoms with Gasteiger partial charge in [0.15, 0.2) is 6.29 Å². The molecule has 39 heavy (non-hydrogen) atoms. The number of nitrogens with zero attached hydrogens (tertiary/aromatic N) is 1. The number of rotatable bonds is 6. The Morgan fingerprint density at radius 3 is 2.31 bits per heavy atom. The first-order valence-corrected chi connectivity index (χ1v) is 14.6. The number of carbonyl (C=O) groups excluding carboxylic acids is 1. The monoisotopic (exact) mass is 559 g/mol. The average molecular weight is 560 g/mol. The molecule has 3 heterocycles. The quantitative estimate of drug-likeness (QED) is 0.356. The molecular formula is C29H53NO9. The normalized spacial score (nSPS) is 48.2. The van der Waals surface area contributed by atoms with Gasteiger partial charge in [-0.25, -0.2) is 0 Å². The van der Waals surface area contributed by atoms with Crippen LogP contribution in [0.2, 0.25) is 0 Å². The summed E-state index contributed by atoms with van der Waals surface area (Å²) in [5.74, 6) is -2.70. The largest absolute Gasteiger partial charge is 0.459 e. The van der Waals surface area contributed by atoms with Crippen molar-refractivity contribution in [1.82, 2.24) is 4.90 Å². The highest BCUT2D eigenvalue weighted by Gasteiger charge is 2.57. The minimum atomic E-state index is -1.73. The van der Waals surface area contributed by atoms with E-state index in [0.717, 1.165) is 0 Å². The highest BCUT2D eigenvalue weighted by Crippen LogP contribution is 2.47. The molecule has 0 amide bonds. The van der Waals surface area contributed by atoms with E-state index in [-0.39, 0.29) is 24.5 Å². The van der Waals surface area contributed by atoms with E-state index in [0.29, 0.717) is 12.8 Å². The van der Waals surface area contributed by atoms with Gasteiger partial charge < -0.3 is 44.3 Å². The van der Waals surface area contributed by atoms with Crippen molar-refractivity contribution in [3.05, 3.63) is 0 Å². The minimum Gasteiger partial charge on any atom is -0.459 e. The van der Waals surface area contributed by atoms with Gasteiger partial charge in [0.05, 0.1) is 42.0 Å². The van der Waals surface area contributed by atoms with Crippen LogP contribution in [0.5, 0.6) is 0 Å². The van der Waals surface area contributed by atoms with Crippen molar-refractivity contribution in [3.63, 3.8) is 0 Å². The van der Waals surface area contributed by atoms with E-state index in [9.17, 15) is 25.2 Å². The first kappa shape index (κ1) is 32.7. The molecule has 3 aliphatic heterocycles. The summed E-state index contributed by atoms with van der Waals surface area (Å²) in [6, 6.07) is -0.174. The summed E-state index contributed by atoms with van der Waals surface area (Å²) in [7, 11) is 3.82. The number of esters is 1. The summed E-state index contributed by atoms with van der Waals surface area (Å²) in [4.78, 5) is 15.3. The Morgan fingerprint density at radius 1 is 1.13 bits per heavy atom. The fourth-order valence-electron chi connectivity index (χ4n) is 7.20. The average Bonchev–Trinajstić information content (AvgIpc) is 3.18. The van der Waals surface area contributed by atoms with E-state index in [1.54, 1.807) is 13.8 Å². The Bertz CT molecular complexity index is 840. The summed E-state index contributed by atoms with van der Waals surface area (Å²) in [6.07, 6.45) is -5.06. The maximum Gasteiger partial charge on any atom is 0.311 e. The number of aliphatic hydroxyl groups is 4. The lowest BCUT2D eigenvalue weighted by molar-refractivity contribution is -0.301. The SMILES string of the molecule is CC[C@@H](O)[C@@](C)(O)[C@@H]1OC(=O)[C@H](C)[C@@H](O)[C@H](C)[C@@H](O[C@@H]2OC(C)CC(N(C)C)C2O)[C@]2(C)CC(C)C(O2)[C@@H]1C. The van der Waals surface area contributed by atoms with Crippen LogP contribution in [-0.4, -0.2) is 112 Å². The highest BCUT2D eigenvalue weighted by molar-refractivity contribution is 5.73. The number of aliphatic hydroxyl groups excluding tert-OH is 3. The first-order chi connectivity index (χ1) is 18.0. The predicted molar refractivity (Wildman–Crippen MR) is 145 cm³/mol. The molecule has 0 aromatic heterocycles. The van der Waals surface area contributed by atoms with Crippen molar-refractivity contribution in [1.29, 1.82) is 0 Å². The zero-order valence-electron chi connectivity index (χ0n) is 25.4. The van der Waals surface area contributed by atoms with Crippen LogP contribution in [0.4, 0.5) is 0 Å². The van der Waals surface area contributed by atoms with Crippen LogP contribution in [0.3, 0.4) is 0 Å². The van der Waals surface area contributed by atoms with Gasteiger partial charge in [0.1, 0.15) is 17.8 Å². The molecule has 0 radical (unpaired) electrons. The van der Waals surface area contributed by atoms with Gasteiger partial charge >= 0.3 is 5.97 Å². The number of cyclic esters (lactones) is 1. The van der Waals surface area contributed by atoms with Crippen LogP contribution >= 0.6 is 0 Å². The van der Waals surface area contributed by atoms with Gasteiger partial charge in [-0.2, -0.15) is 0 Å². The highest BCUT2D eigenvalue weighted by atomic mass is 16.7. The van der Waals surface area contributed by atoms with E-state index < -0.39 is 77.8 Å². The number of ether oxygens (including phenoxy) is 4. The lowest BCUT2D eigenvalue weighted by Crippen LogP contribution is -2.58. The molecule has 0 saturated carbocycles. The molecular weight excluding hydrogens is 506 g/mol. The van der Waals surface area contributed by atoms with Gasteiger partial charge in [0.25, 0.3) is 0 Å². The van der Waals surface area contributed by atoms with Gasteiger partial charge in [-0.15, -0.1) is 0 Å². The predicted octanol–water partition coefficient (Wildman–Crippen LogP) is 1.70. The van der Waals surface area contributed by atoms with E-state index in [1.807, 2.05) is 53.6 Å². The van der Waals surface area contributed by atoms with Crippen LogP contribution < -0.4 is 0 Å². The molecule has 10 nitrogen and oxygen atoms in total. The Hall–Kier alpha value is -0.850. The van der Waals surface area contributed by atoms with Gasteiger partial charge in [-0.1, -0.05) is 27.7 Å². The molecule has 10 heteroatoms. The summed E-state index contributed by atoms with van der Waals surface area (Å²) in [6.45, 7) is 14.4. The molecule has 3 rings (SSSR count). The summed E-state index contributed by atoms with van der Waals surface area (Å²) >= 11 is 0. The smallest absolute Gasteiger partial charge is 0.311 e. The summed E-state index contributed by atoms with van der Waals surface area (Å²) in [5.41, 5.74) is -2.63. The van der Waals surface area contributed by atoms with Crippen LogP contribution in [0.15, 0.2) is 0 Å². The molecule has 3 saturated heterocycles. The number of fused-ring (bicyclic) bond motifs is 2. The van der Waals surface area contributed by atoms with Crippen LogP contribution in [0.25, 0.3) is 0 Å². The molecule has 4 N–H and O–H groups in total. The molecule has 0 spiro atoms. The second-order valence-electron chi connectivity index (χ2n) is 13.2. The molecule has 228 valence electrons. The lowest BCUT2D eigenvalue weighted by Gasteiger charge is -2.46. The van der Waals surface area contributed by atoms with Crippen molar-refractivity contribution in [3.8, 4) is 0 Å². The fourth-order valence-corrected chi connectivity index (χ4v) is 7.20. The summed E-state index contributed by atoms with van der Waals surface area (Å²) in [5, 5.41) is 44.7. The third-order valence-electron chi connectivity index (χ3n) is 9.63. The molecule has 15 atom stereocenters. The van der Waals surface area contributed by atoms with E-state index in [2.05, 4.69) is 0 Å². The van der Waals surface area contributed by atoms with Gasteiger partial charge in [-0.05, 0) is 67.0 Å². The Labute approximate surface area is 233 Å². The zero-order valence-corrected chi connectivity index (χ0v) is 25.4.